The lowest BCUT2D eigenvalue weighted by Gasteiger charge is -2.12. The summed E-state index contributed by atoms with van der Waals surface area (Å²) in [5.74, 6) is -0.101. The van der Waals surface area contributed by atoms with E-state index in [4.69, 9.17) is 11.6 Å². The first-order valence-electron chi connectivity index (χ1n) is 5.93. The molecule has 1 amide bonds. The van der Waals surface area contributed by atoms with E-state index >= 15 is 0 Å². The van der Waals surface area contributed by atoms with Gasteiger partial charge in [-0.25, -0.2) is 0 Å². The molecule has 2 rings (SSSR count). The first-order valence-corrected chi connectivity index (χ1v) is 7.18. The van der Waals surface area contributed by atoms with Crippen molar-refractivity contribution in [1.82, 2.24) is 5.32 Å². The van der Waals surface area contributed by atoms with Crippen molar-refractivity contribution in [2.45, 2.75) is 13.0 Å². The Labute approximate surface area is 121 Å². The standard InChI is InChI=1S/C15H14ClNOS/c1-11(12-4-6-13(16)7-5-12)17-15(18)9-8-14-3-2-10-19-14/h2-11H,1H3,(H,17,18)/b9-8+. The molecule has 1 atom stereocenters. The van der Waals surface area contributed by atoms with Crippen LogP contribution in [-0.4, -0.2) is 5.91 Å². The molecule has 98 valence electrons. The third-order valence-corrected chi connectivity index (χ3v) is 3.76. The van der Waals surface area contributed by atoms with Gasteiger partial charge in [-0.3, -0.25) is 4.79 Å². The van der Waals surface area contributed by atoms with Crippen LogP contribution in [0.5, 0.6) is 0 Å². The molecule has 0 aliphatic heterocycles. The highest BCUT2D eigenvalue weighted by Crippen LogP contribution is 2.16. The largest absolute Gasteiger partial charge is 0.346 e. The fourth-order valence-corrected chi connectivity index (χ4v) is 2.38. The summed E-state index contributed by atoms with van der Waals surface area (Å²) < 4.78 is 0. The molecule has 2 nitrogen and oxygen atoms in total. The number of hydrogen-bond donors (Lipinski definition) is 1. The Morgan fingerprint density at radius 1 is 1.32 bits per heavy atom. The Kier molecular flexibility index (Phi) is 4.77. The van der Waals surface area contributed by atoms with Crippen molar-refractivity contribution in [3.05, 3.63) is 63.3 Å². The number of benzene rings is 1. The molecular weight excluding hydrogens is 278 g/mol. The minimum atomic E-state index is -0.101. The Balaban J connectivity index is 1.93. The summed E-state index contributed by atoms with van der Waals surface area (Å²) in [6.45, 7) is 1.94. The summed E-state index contributed by atoms with van der Waals surface area (Å²) in [7, 11) is 0. The highest BCUT2D eigenvalue weighted by Gasteiger charge is 2.07. The maximum atomic E-state index is 11.8. The van der Waals surface area contributed by atoms with Crippen LogP contribution in [0.4, 0.5) is 0 Å². The molecule has 0 spiro atoms. The molecule has 0 fully saturated rings. The molecule has 19 heavy (non-hydrogen) atoms. The van der Waals surface area contributed by atoms with Gasteiger partial charge in [0.2, 0.25) is 5.91 Å². The predicted molar refractivity (Wildman–Crippen MR) is 81.4 cm³/mol. The molecule has 0 saturated heterocycles. The fourth-order valence-electron chi connectivity index (χ4n) is 1.64. The summed E-state index contributed by atoms with van der Waals surface area (Å²) >= 11 is 7.43. The lowest BCUT2D eigenvalue weighted by molar-refractivity contribution is -0.117. The minimum Gasteiger partial charge on any atom is -0.346 e. The summed E-state index contributed by atoms with van der Waals surface area (Å²) in [5.41, 5.74) is 1.03. The van der Waals surface area contributed by atoms with Crippen molar-refractivity contribution in [1.29, 1.82) is 0 Å². The molecule has 0 radical (unpaired) electrons. The molecular formula is C15H14ClNOS. The van der Waals surface area contributed by atoms with E-state index in [0.717, 1.165) is 10.4 Å². The van der Waals surface area contributed by atoms with Crippen LogP contribution in [0.3, 0.4) is 0 Å². The predicted octanol–water partition coefficient (Wildman–Crippen LogP) is 4.29. The zero-order valence-corrected chi connectivity index (χ0v) is 12.0. The normalized spacial score (nSPS) is 12.5. The first kappa shape index (κ1) is 13.8. The number of carbonyl (C=O) groups is 1. The van der Waals surface area contributed by atoms with Gasteiger partial charge in [0.1, 0.15) is 0 Å². The van der Waals surface area contributed by atoms with Gasteiger partial charge in [0.25, 0.3) is 0 Å². The summed E-state index contributed by atoms with van der Waals surface area (Å²) in [6, 6.07) is 11.3. The van der Waals surface area contributed by atoms with Crippen molar-refractivity contribution in [3.63, 3.8) is 0 Å². The maximum absolute atomic E-state index is 11.8. The van der Waals surface area contributed by atoms with Gasteiger partial charge >= 0.3 is 0 Å². The number of hydrogen-bond acceptors (Lipinski definition) is 2. The lowest BCUT2D eigenvalue weighted by atomic mass is 10.1. The Hall–Kier alpha value is -1.58. The maximum Gasteiger partial charge on any atom is 0.244 e. The van der Waals surface area contributed by atoms with Gasteiger partial charge < -0.3 is 5.32 Å². The van der Waals surface area contributed by atoms with Gasteiger partial charge in [0.05, 0.1) is 6.04 Å². The average molecular weight is 292 g/mol. The molecule has 0 bridgehead atoms. The second kappa shape index (κ2) is 6.55. The van der Waals surface area contributed by atoms with E-state index in [1.807, 2.05) is 54.8 Å². The van der Waals surface area contributed by atoms with Crippen LogP contribution in [-0.2, 0) is 4.79 Å². The van der Waals surface area contributed by atoms with Crippen molar-refractivity contribution in [2.24, 2.45) is 0 Å². The van der Waals surface area contributed by atoms with Gasteiger partial charge in [0, 0.05) is 16.0 Å². The minimum absolute atomic E-state index is 0.0437. The topological polar surface area (TPSA) is 29.1 Å². The van der Waals surface area contributed by atoms with Crippen molar-refractivity contribution >= 4 is 34.9 Å². The number of thiophene rings is 1. The van der Waals surface area contributed by atoms with E-state index < -0.39 is 0 Å². The van der Waals surface area contributed by atoms with E-state index in [1.54, 1.807) is 17.4 Å². The summed E-state index contributed by atoms with van der Waals surface area (Å²) in [6.07, 6.45) is 3.37. The Morgan fingerprint density at radius 3 is 2.68 bits per heavy atom. The third-order valence-electron chi connectivity index (χ3n) is 2.67. The van der Waals surface area contributed by atoms with Crippen LogP contribution >= 0.6 is 22.9 Å². The molecule has 0 saturated carbocycles. The van der Waals surface area contributed by atoms with Crippen LogP contribution in [0.15, 0.2) is 47.9 Å². The lowest BCUT2D eigenvalue weighted by Crippen LogP contribution is -2.24. The molecule has 4 heteroatoms. The highest BCUT2D eigenvalue weighted by molar-refractivity contribution is 7.10. The monoisotopic (exact) mass is 291 g/mol. The summed E-state index contributed by atoms with van der Waals surface area (Å²) in [5, 5.41) is 5.59. The number of nitrogens with one attached hydrogen (secondary N) is 1. The first-order chi connectivity index (χ1) is 9.15. The number of rotatable bonds is 4. The second-order valence-electron chi connectivity index (χ2n) is 4.13. The Morgan fingerprint density at radius 2 is 2.05 bits per heavy atom. The van der Waals surface area contributed by atoms with E-state index in [1.165, 1.54) is 0 Å². The molecule has 1 heterocycles. The Bertz CT molecular complexity index is 560. The van der Waals surface area contributed by atoms with Crippen molar-refractivity contribution < 1.29 is 4.79 Å². The van der Waals surface area contributed by atoms with Gasteiger partial charge in [0.15, 0.2) is 0 Å². The van der Waals surface area contributed by atoms with Crippen LogP contribution in [0.1, 0.15) is 23.4 Å². The van der Waals surface area contributed by atoms with Crippen molar-refractivity contribution in [3.8, 4) is 0 Å². The zero-order chi connectivity index (χ0) is 13.7. The van der Waals surface area contributed by atoms with Gasteiger partial charge in [-0.2, -0.15) is 0 Å². The molecule has 0 aliphatic rings. The van der Waals surface area contributed by atoms with Crippen LogP contribution in [0, 0.1) is 0 Å². The van der Waals surface area contributed by atoms with E-state index in [2.05, 4.69) is 5.32 Å². The quantitative estimate of drug-likeness (QED) is 0.837. The van der Waals surface area contributed by atoms with Crippen LogP contribution < -0.4 is 5.32 Å². The van der Waals surface area contributed by atoms with Crippen LogP contribution in [0.25, 0.3) is 6.08 Å². The zero-order valence-electron chi connectivity index (χ0n) is 10.5. The van der Waals surface area contributed by atoms with Gasteiger partial charge in [-0.05, 0) is 42.1 Å². The second-order valence-corrected chi connectivity index (χ2v) is 5.55. The molecule has 1 unspecified atom stereocenters. The summed E-state index contributed by atoms with van der Waals surface area (Å²) in [4.78, 5) is 12.8. The van der Waals surface area contributed by atoms with Crippen LogP contribution in [0.2, 0.25) is 5.02 Å². The number of halogens is 1. The highest BCUT2D eigenvalue weighted by atomic mass is 35.5. The average Bonchev–Trinajstić information content (AvgIpc) is 2.90. The molecule has 1 aromatic heterocycles. The fraction of sp³-hybridized carbons (Fsp3) is 0.133. The molecule has 1 aromatic carbocycles. The molecule has 0 aliphatic carbocycles. The number of amides is 1. The third kappa shape index (κ3) is 4.23. The molecule has 2 aromatic rings. The SMILES string of the molecule is CC(NC(=O)/C=C/c1cccs1)c1ccc(Cl)cc1. The smallest absolute Gasteiger partial charge is 0.244 e. The molecule has 1 N–H and O–H groups in total. The van der Waals surface area contributed by atoms with E-state index in [0.29, 0.717) is 5.02 Å². The van der Waals surface area contributed by atoms with E-state index in [9.17, 15) is 4.79 Å². The van der Waals surface area contributed by atoms with Crippen molar-refractivity contribution in [2.75, 3.05) is 0 Å². The number of carbonyl (C=O) groups excluding carboxylic acids is 1. The van der Waals surface area contributed by atoms with E-state index in [-0.39, 0.29) is 11.9 Å². The van der Waals surface area contributed by atoms with Gasteiger partial charge in [-0.1, -0.05) is 29.8 Å². The van der Waals surface area contributed by atoms with Gasteiger partial charge in [-0.15, -0.1) is 11.3 Å².